The molecule has 3 N–H and O–H groups in total. The lowest BCUT2D eigenvalue weighted by atomic mass is 9.99. The number of hydrogen-bond acceptors (Lipinski definition) is 6. The van der Waals surface area contributed by atoms with Crippen LogP contribution in [0.3, 0.4) is 0 Å². The Labute approximate surface area is 131 Å². The predicted molar refractivity (Wildman–Crippen MR) is 82.4 cm³/mol. The van der Waals surface area contributed by atoms with Crippen LogP contribution in [-0.4, -0.2) is 15.1 Å². The van der Waals surface area contributed by atoms with Crippen molar-refractivity contribution in [3.05, 3.63) is 46.7 Å². The highest BCUT2D eigenvalue weighted by Gasteiger charge is 2.36. The Kier molecular flexibility index (Phi) is 3.16. The number of nitrogens with one attached hydrogen (secondary N) is 1. The first-order chi connectivity index (χ1) is 11.2. The van der Waals surface area contributed by atoms with Gasteiger partial charge in [-0.25, -0.2) is 0 Å². The van der Waals surface area contributed by atoms with Crippen molar-refractivity contribution in [3.63, 3.8) is 0 Å². The number of furan rings is 1. The predicted octanol–water partition coefficient (Wildman–Crippen LogP) is 2.41. The van der Waals surface area contributed by atoms with E-state index in [4.69, 9.17) is 14.7 Å². The summed E-state index contributed by atoms with van der Waals surface area (Å²) in [6, 6.07) is 6.92. The van der Waals surface area contributed by atoms with E-state index in [0.29, 0.717) is 22.8 Å². The first-order valence-electron chi connectivity index (χ1n) is 7.56. The molecular weight excluding hydrogens is 296 g/mol. The summed E-state index contributed by atoms with van der Waals surface area (Å²) in [6.45, 7) is 0. The van der Waals surface area contributed by atoms with E-state index in [9.17, 15) is 4.79 Å². The van der Waals surface area contributed by atoms with Crippen LogP contribution < -0.4 is 11.3 Å². The monoisotopic (exact) mass is 312 g/mol. The smallest absolute Gasteiger partial charge is 0.263 e. The lowest BCUT2D eigenvalue weighted by Gasteiger charge is -2.17. The van der Waals surface area contributed by atoms with Crippen LogP contribution in [0.25, 0.3) is 22.9 Å². The maximum absolute atomic E-state index is 12.3. The number of aromatic amines is 1. The van der Waals surface area contributed by atoms with Crippen LogP contribution in [-0.2, 0) is 5.54 Å². The van der Waals surface area contributed by atoms with Crippen molar-refractivity contribution in [2.45, 2.75) is 31.2 Å². The van der Waals surface area contributed by atoms with Crippen molar-refractivity contribution in [3.8, 4) is 22.9 Å². The van der Waals surface area contributed by atoms with Crippen LogP contribution in [0.5, 0.6) is 0 Å². The highest BCUT2D eigenvalue weighted by atomic mass is 16.5. The fourth-order valence-electron chi connectivity index (χ4n) is 2.98. The number of nitrogens with two attached hydrogens (primary N) is 1. The second-order valence-electron chi connectivity index (χ2n) is 5.88. The summed E-state index contributed by atoms with van der Waals surface area (Å²) >= 11 is 0. The Morgan fingerprint density at radius 1 is 1.22 bits per heavy atom. The molecule has 3 aromatic heterocycles. The second kappa shape index (κ2) is 5.20. The molecule has 7 heteroatoms. The molecule has 0 spiro atoms. The van der Waals surface area contributed by atoms with E-state index in [2.05, 4.69) is 15.1 Å². The average molecular weight is 312 g/mol. The van der Waals surface area contributed by atoms with Gasteiger partial charge in [0.25, 0.3) is 11.4 Å². The van der Waals surface area contributed by atoms with Gasteiger partial charge in [0.2, 0.25) is 0 Å². The Balaban J connectivity index is 1.69. The fraction of sp³-hybridized carbons (Fsp3) is 0.312. The van der Waals surface area contributed by atoms with Crippen molar-refractivity contribution in [1.29, 1.82) is 0 Å². The molecule has 0 radical (unpaired) electrons. The third-order valence-electron chi connectivity index (χ3n) is 4.29. The molecule has 0 unspecified atom stereocenters. The summed E-state index contributed by atoms with van der Waals surface area (Å²) in [5.41, 5.74) is 6.37. The van der Waals surface area contributed by atoms with Crippen LogP contribution >= 0.6 is 0 Å². The fourth-order valence-corrected chi connectivity index (χ4v) is 2.98. The third kappa shape index (κ3) is 2.39. The van der Waals surface area contributed by atoms with Crippen LogP contribution in [0.1, 0.15) is 31.5 Å². The van der Waals surface area contributed by atoms with E-state index < -0.39 is 5.54 Å². The summed E-state index contributed by atoms with van der Waals surface area (Å²) < 4.78 is 10.5. The molecule has 0 saturated heterocycles. The van der Waals surface area contributed by atoms with Gasteiger partial charge in [0.1, 0.15) is 11.3 Å². The van der Waals surface area contributed by atoms with Crippen LogP contribution in [0, 0.1) is 0 Å². The zero-order valence-corrected chi connectivity index (χ0v) is 12.4. The van der Waals surface area contributed by atoms with Gasteiger partial charge < -0.3 is 19.7 Å². The number of nitrogens with zero attached hydrogens (tertiary/aromatic N) is 2. The molecular formula is C16H16N4O3. The topological polar surface area (TPSA) is 111 Å². The van der Waals surface area contributed by atoms with Crippen molar-refractivity contribution in [2.24, 2.45) is 5.73 Å². The minimum Gasteiger partial charge on any atom is -0.463 e. The summed E-state index contributed by atoms with van der Waals surface area (Å²) in [6.07, 6.45) is 5.32. The lowest BCUT2D eigenvalue weighted by molar-refractivity contribution is 0.372. The van der Waals surface area contributed by atoms with Gasteiger partial charge in [-0.3, -0.25) is 4.79 Å². The number of H-pyrrole nitrogens is 1. The molecule has 1 aliphatic carbocycles. The molecule has 0 aliphatic heterocycles. The number of aromatic nitrogens is 3. The molecule has 1 fully saturated rings. The first-order valence-corrected chi connectivity index (χ1v) is 7.56. The lowest BCUT2D eigenvalue weighted by Crippen LogP contribution is -2.34. The first kappa shape index (κ1) is 14.0. The standard InChI is InChI=1S/C16H16N4O3/c17-16(7-1-2-8-16)15-19-14(23-20-15)10-5-6-11(18-13(10)21)12-4-3-9-22-12/h3-6,9H,1-2,7-8,17H2,(H,18,21). The van der Waals surface area contributed by atoms with Crippen LogP contribution in [0.2, 0.25) is 0 Å². The van der Waals surface area contributed by atoms with E-state index in [0.717, 1.165) is 25.7 Å². The van der Waals surface area contributed by atoms with Gasteiger partial charge in [0.15, 0.2) is 5.82 Å². The minimum absolute atomic E-state index is 0.184. The molecule has 7 nitrogen and oxygen atoms in total. The summed E-state index contributed by atoms with van der Waals surface area (Å²) in [7, 11) is 0. The molecule has 118 valence electrons. The maximum atomic E-state index is 12.3. The quantitative estimate of drug-likeness (QED) is 0.768. The van der Waals surface area contributed by atoms with Crippen molar-refractivity contribution in [1.82, 2.24) is 15.1 Å². The summed E-state index contributed by atoms with van der Waals surface area (Å²) in [5, 5.41) is 3.98. The molecule has 3 aromatic rings. The normalized spacial score (nSPS) is 16.7. The minimum atomic E-state index is -0.539. The van der Waals surface area contributed by atoms with E-state index in [-0.39, 0.29) is 11.4 Å². The molecule has 23 heavy (non-hydrogen) atoms. The van der Waals surface area contributed by atoms with Gasteiger partial charge in [-0.05, 0) is 37.1 Å². The molecule has 3 heterocycles. The van der Waals surface area contributed by atoms with Crippen LogP contribution in [0.4, 0.5) is 0 Å². The molecule has 0 amide bonds. The molecule has 0 aromatic carbocycles. The third-order valence-corrected chi connectivity index (χ3v) is 4.29. The van der Waals surface area contributed by atoms with E-state index in [1.165, 1.54) is 0 Å². The number of hydrogen-bond donors (Lipinski definition) is 2. The number of pyridine rings is 1. The van der Waals surface area contributed by atoms with E-state index in [1.807, 2.05) is 0 Å². The highest BCUT2D eigenvalue weighted by molar-refractivity contribution is 5.58. The Morgan fingerprint density at radius 2 is 2.04 bits per heavy atom. The molecule has 0 bridgehead atoms. The molecule has 1 saturated carbocycles. The molecule has 0 atom stereocenters. The van der Waals surface area contributed by atoms with Gasteiger partial charge in [-0.15, -0.1) is 0 Å². The SMILES string of the molecule is NC1(c2noc(-c3ccc(-c4ccco4)[nH]c3=O)n2)CCCC1. The molecule has 4 rings (SSSR count). The van der Waals surface area contributed by atoms with E-state index >= 15 is 0 Å². The van der Waals surface area contributed by atoms with Gasteiger partial charge in [0.05, 0.1) is 17.5 Å². The average Bonchev–Trinajstić information content (AvgIpc) is 3.29. The highest BCUT2D eigenvalue weighted by Crippen LogP contribution is 2.35. The Morgan fingerprint density at radius 3 is 2.74 bits per heavy atom. The Hall–Kier alpha value is -2.67. The van der Waals surface area contributed by atoms with Gasteiger partial charge >= 0.3 is 0 Å². The van der Waals surface area contributed by atoms with Gasteiger partial charge in [-0.2, -0.15) is 4.98 Å². The van der Waals surface area contributed by atoms with Gasteiger partial charge in [-0.1, -0.05) is 18.0 Å². The Bertz CT molecular complexity index is 873. The maximum Gasteiger partial charge on any atom is 0.263 e. The van der Waals surface area contributed by atoms with E-state index in [1.54, 1.807) is 30.5 Å². The van der Waals surface area contributed by atoms with Crippen LogP contribution in [0.15, 0.2) is 44.3 Å². The molecule has 1 aliphatic rings. The van der Waals surface area contributed by atoms with Crippen molar-refractivity contribution < 1.29 is 8.94 Å². The zero-order valence-electron chi connectivity index (χ0n) is 12.4. The summed E-state index contributed by atoms with van der Waals surface area (Å²) in [4.78, 5) is 19.4. The number of rotatable bonds is 3. The summed E-state index contributed by atoms with van der Waals surface area (Å²) in [5.74, 6) is 1.25. The largest absolute Gasteiger partial charge is 0.463 e. The van der Waals surface area contributed by atoms with Crippen molar-refractivity contribution in [2.75, 3.05) is 0 Å². The zero-order chi connectivity index (χ0) is 15.9. The van der Waals surface area contributed by atoms with Gasteiger partial charge in [0, 0.05) is 0 Å². The van der Waals surface area contributed by atoms with Crippen molar-refractivity contribution >= 4 is 0 Å². The second-order valence-corrected chi connectivity index (χ2v) is 5.88.